The number of halogens is 1. The minimum absolute atomic E-state index is 0.0631. The number of sulfonamides is 1. The van der Waals surface area contributed by atoms with Gasteiger partial charge in [0.25, 0.3) is 0 Å². The number of nitrogens with one attached hydrogen (secondary N) is 2. The number of hydrogen-bond acceptors (Lipinski definition) is 6. The number of amides is 2. The van der Waals surface area contributed by atoms with E-state index in [1.54, 1.807) is 40.7 Å². The largest absolute Gasteiger partial charge is 0.465 e. The number of nitrogens with zero attached hydrogens (tertiary/aromatic N) is 2. The Morgan fingerprint density at radius 1 is 1.07 bits per heavy atom. The average Bonchev–Trinajstić information content (AvgIpc) is 3.50. The average molecular weight is 661 g/mol. The molecule has 2 aliphatic heterocycles. The highest BCUT2D eigenvalue weighted by atomic mass is 35.5. The molecule has 3 aliphatic rings. The summed E-state index contributed by atoms with van der Waals surface area (Å²) in [4.78, 5) is 28.0. The molecule has 2 saturated heterocycles. The van der Waals surface area contributed by atoms with E-state index in [4.69, 9.17) is 16.3 Å². The van der Waals surface area contributed by atoms with E-state index < -0.39 is 22.2 Å². The molecule has 0 aromatic heterocycles. The summed E-state index contributed by atoms with van der Waals surface area (Å²) >= 11 is 6.19. The molecule has 45 heavy (non-hydrogen) atoms. The molecular formula is C33H45ClN4O6S. The van der Waals surface area contributed by atoms with Gasteiger partial charge in [0.15, 0.2) is 0 Å². The minimum atomic E-state index is -3.62. The molecule has 3 fully saturated rings. The van der Waals surface area contributed by atoms with Gasteiger partial charge >= 0.3 is 6.09 Å². The molecule has 0 bridgehead atoms. The van der Waals surface area contributed by atoms with Crippen LogP contribution in [0.5, 0.6) is 0 Å². The van der Waals surface area contributed by atoms with E-state index in [1.807, 2.05) is 18.2 Å². The van der Waals surface area contributed by atoms with Gasteiger partial charge in [-0.1, -0.05) is 48.4 Å². The number of carboxylic acid groups (broad SMARTS) is 1. The van der Waals surface area contributed by atoms with Crippen LogP contribution in [0.1, 0.15) is 56.4 Å². The standard InChI is InChI=1S/C33H45ClN4O6S/c1-37(33(40)41)31(30(25-16-20-44-21-17-25)24-10-13-26(34)14-11-24)32(39)36-29-9-5-6-23(29)12-15-27-22-35-18-19-38(27)45(42,43)28-7-3-2-4-8-28/h2-4,7-8,10-11,13-14,23,25,27,29-31,35H,5-6,9,12,15-22H2,1H3,(H,36,39)(H,40,41)/t23?,27-,29?,30-,31-/m0/s1. The van der Waals surface area contributed by atoms with Crippen molar-refractivity contribution < 1.29 is 27.9 Å². The molecule has 5 rings (SSSR count). The lowest BCUT2D eigenvalue weighted by Gasteiger charge is -2.39. The molecule has 2 heterocycles. The summed E-state index contributed by atoms with van der Waals surface area (Å²) in [6.07, 6.45) is 4.41. The zero-order chi connectivity index (χ0) is 32.0. The van der Waals surface area contributed by atoms with Crippen LogP contribution >= 0.6 is 11.6 Å². The Balaban J connectivity index is 1.32. The molecule has 1 aliphatic carbocycles. The molecule has 10 nitrogen and oxygen atoms in total. The van der Waals surface area contributed by atoms with Gasteiger partial charge in [-0.3, -0.25) is 9.69 Å². The molecule has 0 radical (unpaired) electrons. The molecular weight excluding hydrogens is 616 g/mol. The topological polar surface area (TPSA) is 128 Å². The Labute approximate surface area is 271 Å². The van der Waals surface area contributed by atoms with Gasteiger partial charge in [-0.15, -0.1) is 0 Å². The molecule has 2 aromatic rings. The highest BCUT2D eigenvalue weighted by Gasteiger charge is 2.42. The van der Waals surface area contributed by atoms with Gasteiger partial charge < -0.3 is 20.5 Å². The van der Waals surface area contributed by atoms with Crippen molar-refractivity contribution in [1.29, 1.82) is 0 Å². The third-order valence-corrected chi connectivity index (χ3v) is 12.1. The predicted octanol–water partition coefficient (Wildman–Crippen LogP) is 4.56. The fourth-order valence-corrected chi connectivity index (χ4v) is 9.25. The van der Waals surface area contributed by atoms with E-state index >= 15 is 0 Å². The maximum absolute atomic E-state index is 14.2. The van der Waals surface area contributed by atoms with Crippen LogP contribution in [0, 0.1) is 11.8 Å². The van der Waals surface area contributed by atoms with Crippen molar-refractivity contribution in [2.45, 2.75) is 73.9 Å². The second kappa shape index (κ2) is 15.3. The Morgan fingerprint density at radius 2 is 1.78 bits per heavy atom. The Hall–Kier alpha value is -2.70. The Bertz CT molecular complexity index is 1390. The summed E-state index contributed by atoms with van der Waals surface area (Å²) in [5.74, 6) is -0.425. The normalized spacial score (nSPS) is 24.5. The summed E-state index contributed by atoms with van der Waals surface area (Å²) in [6.45, 7) is 2.73. The number of piperazine rings is 1. The van der Waals surface area contributed by atoms with Gasteiger partial charge in [0.1, 0.15) is 6.04 Å². The first-order valence-electron chi connectivity index (χ1n) is 16.0. The van der Waals surface area contributed by atoms with Crippen molar-refractivity contribution in [3.8, 4) is 0 Å². The lowest BCUT2D eigenvalue weighted by Crippen LogP contribution is -2.55. The number of carbonyl (C=O) groups excluding carboxylic acids is 1. The fraction of sp³-hybridized carbons (Fsp3) is 0.576. The van der Waals surface area contributed by atoms with E-state index in [9.17, 15) is 23.1 Å². The predicted molar refractivity (Wildman–Crippen MR) is 173 cm³/mol. The number of carbonyl (C=O) groups is 2. The summed E-state index contributed by atoms with van der Waals surface area (Å²) in [5, 5.41) is 17.3. The Morgan fingerprint density at radius 3 is 2.47 bits per heavy atom. The van der Waals surface area contributed by atoms with Crippen LogP contribution < -0.4 is 10.6 Å². The molecule has 0 spiro atoms. The first-order chi connectivity index (χ1) is 21.7. The quantitative estimate of drug-likeness (QED) is 0.323. The van der Waals surface area contributed by atoms with Crippen LogP contribution in [0.2, 0.25) is 5.02 Å². The summed E-state index contributed by atoms with van der Waals surface area (Å²) in [5.41, 5.74) is 0.882. The lowest BCUT2D eigenvalue weighted by atomic mass is 9.76. The SMILES string of the molecule is CN(C(=O)O)[C@H](C(=O)NC1CCCC1CC[C@H]1CNCCN1S(=O)(=O)c1ccccc1)[C@@H](c1ccc(Cl)cc1)C1CCOCC1. The lowest BCUT2D eigenvalue weighted by molar-refractivity contribution is -0.128. The molecule has 1 saturated carbocycles. The maximum atomic E-state index is 14.2. The van der Waals surface area contributed by atoms with Crippen molar-refractivity contribution in [3.63, 3.8) is 0 Å². The molecule has 246 valence electrons. The number of hydrogen-bond donors (Lipinski definition) is 3. The first kappa shape index (κ1) is 33.7. The van der Waals surface area contributed by atoms with Crippen molar-refractivity contribution in [1.82, 2.24) is 19.8 Å². The molecule has 12 heteroatoms. The van der Waals surface area contributed by atoms with Crippen LogP contribution in [0.4, 0.5) is 4.79 Å². The zero-order valence-corrected chi connectivity index (χ0v) is 27.4. The van der Waals surface area contributed by atoms with Crippen LogP contribution in [0.25, 0.3) is 0 Å². The van der Waals surface area contributed by atoms with Gasteiger partial charge in [0.05, 0.1) is 4.90 Å². The van der Waals surface area contributed by atoms with Crippen molar-refractivity contribution in [2.24, 2.45) is 11.8 Å². The minimum Gasteiger partial charge on any atom is -0.465 e. The summed E-state index contributed by atoms with van der Waals surface area (Å²) in [7, 11) is -2.15. The second-order valence-corrected chi connectivity index (χ2v) is 14.9. The van der Waals surface area contributed by atoms with Crippen LogP contribution in [0.15, 0.2) is 59.5 Å². The highest BCUT2D eigenvalue weighted by molar-refractivity contribution is 7.89. The smallest absolute Gasteiger partial charge is 0.407 e. The molecule has 3 N–H and O–H groups in total. The second-order valence-electron chi connectivity index (χ2n) is 12.5. The van der Waals surface area contributed by atoms with E-state index in [0.717, 1.165) is 49.0 Å². The fourth-order valence-electron chi connectivity index (χ4n) is 7.45. The monoisotopic (exact) mass is 660 g/mol. The zero-order valence-electron chi connectivity index (χ0n) is 25.8. The first-order valence-corrected chi connectivity index (χ1v) is 17.9. The number of ether oxygens (including phenoxy) is 1. The molecule has 2 amide bonds. The molecule has 5 atom stereocenters. The van der Waals surface area contributed by atoms with Gasteiger partial charge in [-0.2, -0.15) is 4.31 Å². The number of rotatable bonds is 11. The highest BCUT2D eigenvalue weighted by Crippen LogP contribution is 2.38. The van der Waals surface area contributed by atoms with Gasteiger partial charge in [-0.05, 0) is 80.2 Å². The van der Waals surface area contributed by atoms with Crippen molar-refractivity contribution >= 4 is 33.6 Å². The number of likely N-dealkylation sites (N-methyl/N-ethyl adjacent to an activating group) is 1. The van der Waals surface area contributed by atoms with Crippen molar-refractivity contribution in [2.75, 3.05) is 39.9 Å². The van der Waals surface area contributed by atoms with Crippen LogP contribution in [-0.4, -0.2) is 92.8 Å². The third-order valence-electron chi connectivity index (χ3n) is 9.86. The van der Waals surface area contributed by atoms with Gasteiger partial charge in [0.2, 0.25) is 15.9 Å². The summed E-state index contributed by atoms with van der Waals surface area (Å²) < 4.78 is 34.2. The van der Waals surface area contributed by atoms with Crippen LogP contribution in [0.3, 0.4) is 0 Å². The van der Waals surface area contributed by atoms with Gasteiger partial charge in [0, 0.05) is 62.9 Å². The third kappa shape index (κ3) is 8.00. The van der Waals surface area contributed by atoms with E-state index in [2.05, 4.69) is 10.6 Å². The van der Waals surface area contributed by atoms with E-state index in [1.165, 1.54) is 7.05 Å². The van der Waals surface area contributed by atoms with Crippen molar-refractivity contribution in [3.05, 3.63) is 65.2 Å². The van der Waals surface area contributed by atoms with E-state index in [-0.39, 0.29) is 35.7 Å². The summed E-state index contributed by atoms with van der Waals surface area (Å²) in [6, 6.07) is 14.7. The molecule has 2 aromatic carbocycles. The number of benzene rings is 2. The van der Waals surface area contributed by atoms with E-state index in [0.29, 0.717) is 49.2 Å². The maximum Gasteiger partial charge on any atom is 0.407 e. The van der Waals surface area contributed by atoms with Crippen LogP contribution in [-0.2, 0) is 19.6 Å². The Kier molecular flexibility index (Phi) is 11.4. The van der Waals surface area contributed by atoms with Gasteiger partial charge in [-0.25, -0.2) is 13.2 Å². The molecule has 2 unspecified atom stereocenters.